The fraction of sp³-hybridized carbons (Fsp3) is 0.905. The molecule has 3 rings (SSSR count). The van der Waals surface area contributed by atoms with Gasteiger partial charge in [0.15, 0.2) is 6.29 Å². The van der Waals surface area contributed by atoms with Crippen molar-refractivity contribution in [3.05, 3.63) is 0 Å². The second kappa shape index (κ2) is 13.8. The van der Waals surface area contributed by atoms with Crippen LogP contribution in [0.3, 0.4) is 0 Å². The summed E-state index contributed by atoms with van der Waals surface area (Å²) in [5, 5.41) is 5.76. The molecule has 6 N–H and O–H groups in total. The molecule has 2 amide bonds. The van der Waals surface area contributed by atoms with E-state index in [9.17, 15) is 9.59 Å². The molecule has 1 heterocycles. The van der Waals surface area contributed by atoms with Gasteiger partial charge in [-0.2, -0.15) is 0 Å². The number of nitrogens with one attached hydrogen (secondary N) is 2. The Balaban J connectivity index is 0.00000240. The first-order valence-corrected chi connectivity index (χ1v) is 11.4. The third-order valence-corrected chi connectivity index (χ3v) is 6.68. The largest absolute Gasteiger partial charge is 1.00 e. The van der Waals surface area contributed by atoms with Gasteiger partial charge in [0.2, 0.25) is 11.8 Å². The van der Waals surface area contributed by atoms with Crippen LogP contribution in [0.2, 0.25) is 0 Å². The zero-order valence-electron chi connectivity index (χ0n) is 18.4. The highest BCUT2D eigenvalue weighted by Crippen LogP contribution is 2.57. The molecule has 3 fully saturated rings. The number of halogens is 2. The average molecular weight is 481 g/mol. The summed E-state index contributed by atoms with van der Waals surface area (Å²) < 4.78 is 12.5. The maximum Gasteiger partial charge on any atom is 0.224 e. The number of nitrogens with two attached hydrogens (primary N) is 2. The number of hydrogen-bond acceptors (Lipinski definition) is 6. The molecule has 3 aliphatic rings. The Bertz CT molecular complexity index is 531. The highest BCUT2D eigenvalue weighted by atomic mass is 35.5. The second-order valence-corrected chi connectivity index (χ2v) is 8.61. The van der Waals surface area contributed by atoms with Crippen molar-refractivity contribution < 1.29 is 43.9 Å². The summed E-state index contributed by atoms with van der Waals surface area (Å²) in [6, 6.07) is 0. The summed E-state index contributed by atoms with van der Waals surface area (Å²) in [6.45, 7) is 3.79. The minimum atomic E-state index is -0.391. The average Bonchev–Trinajstić information content (AvgIpc) is 3.39. The Morgan fingerprint density at radius 1 is 0.839 bits per heavy atom. The van der Waals surface area contributed by atoms with Crippen LogP contribution in [0.1, 0.15) is 51.9 Å². The summed E-state index contributed by atoms with van der Waals surface area (Å²) in [5.74, 6) is -0.945. The summed E-state index contributed by atoms with van der Waals surface area (Å²) in [4.78, 5) is 25.7. The first-order chi connectivity index (χ1) is 14.1. The van der Waals surface area contributed by atoms with Gasteiger partial charge in [-0.3, -0.25) is 9.59 Å². The molecular formula is C21H38Cl2N4O4-2. The van der Waals surface area contributed by atoms with Crippen LogP contribution in [-0.2, 0) is 19.1 Å². The standard InChI is InChI=1S/C21H38N4O4.2ClH/c1-2-3-4-5-6-7-15-28-18-13-12-14(19(18)29-15)17(21(27)25-11-9-23)16(13)20(26)24-10-8-22;;/h13-19H,2-12,22-23H2,1H3,(H,24,26)(H,25,27);2*1H/p-2. The lowest BCUT2D eigenvalue weighted by atomic mass is 9.75. The van der Waals surface area contributed by atoms with Crippen molar-refractivity contribution in [2.75, 3.05) is 26.2 Å². The van der Waals surface area contributed by atoms with E-state index in [0.717, 1.165) is 19.3 Å². The van der Waals surface area contributed by atoms with E-state index in [1.807, 2.05) is 0 Å². The van der Waals surface area contributed by atoms with E-state index in [4.69, 9.17) is 20.9 Å². The van der Waals surface area contributed by atoms with Gasteiger partial charge in [-0.15, -0.1) is 0 Å². The number of rotatable bonds is 12. The van der Waals surface area contributed by atoms with Crippen LogP contribution in [0.15, 0.2) is 0 Å². The maximum absolute atomic E-state index is 12.9. The van der Waals surface area contributed by atoms with Crippen molar-refractivity contribution in [3.63, 3.8) is 0 Å². The number of fused-ring (bicyclic) bond motifs is 5. The molecule has 6 unspecified atom stereocenters. The van der Waals surface area contributed by atoms with E-state index >= 15 is 0 Å². The van der Waals surface area contributed by atoms with Crippen molar-refractivity contribution in [2.45, 2.75) is 70.4 Å². The zero-order valence-corrected chi connectivity index (χ0v) is 19.9. The van der Waals surface area contributed by atoms with Crippen LogP contribution in [0.4, 0.5) is 0 Å². The molecule has 0 spiro atoms. The molecule has 1 saturated heterocycles. The van der Waals surface area contributed by atoms with Crippen LogP contribution >= 0.6 is 0 Å². The van der Waals surface area contributed by atoms with Gasteiger partial charge in [0, 0.05) is 38.0 Å². The van der Waals surface area contributed by atoms with E-state index < -0.39 is 11.8 Å². The van der Waals surface area contributed by atoms with Crippen LogP contribution < -0.4 is 46.9 Å². The first kappa shape index (κ1) is 28.4. The van der Waals surface area contributed by atoms with Gasteiger partial charge in [0.25, 0.3) is 0 Å². The lowest BCUT2D eigenvalue weighted by Gasteiger charge is -2.34. The summed E-state index contributed by atoms with van der Waals surface area (Å²) in [7, 11) is 0. The molecule has 182 valence electrons. The van der Waals surface area contributed by atoms with Crippen molar-refractivity contribution in [3.8, 4) is 0 Å². The Morgan fingerprint density at radius 3 is 1.77 bits per heavy atom. The summed E-state index contributed by atoms with van der Waals surface area (Å²) in [6.07, 6.45) is 7.29. The molecule has 2 aliphatic carbocycles. The minimum Gasteiger partial charge on any atom is -1.00 e. The number of carbonyl (C=O) groups excluding carboxylic acids is 2. The van der Waals surface area contributed by atoms with Crippen LogP contribution in [-0.4, -0.2) is 56.5 Å². The predicted molar refractivity (Wildman–Crippen MR) is 110 cm³/mol. The molecule has 10 heteroatoms. The molecule has 8 nitrogen and oxygen atoms in total. The van der Waals surface area contributed by atoms with Crippen molar-refractivity contribution in [2.24, 2.45) is 35.1 Å². The third-order valence-electron chi connectivity index (χ3n) is 6.68. The number of ether oxygens (including phenoxy) is 2. The van der Waals surface area contributed by atoms with E-state index in [-0.39, 0.29) is 67.0 Å². The van der Waals surface area contributed by atoms with Crippen LogP contribution in [0.25, 0.3) is 0 Å². The van der Waals surface area contributed by atoms with Gasteiger partial charge in [-0.25, -0.2) is 0 Å². The van der Waals surface area contributed by atoms with Gasteiger partial charge in [-0.1, -0.05) is 32.6 Å². The number of unbranched alkanes of at least 4 members (excludes halogenated alkanes) is 4. The molecule has 0 aromatic heterocycles. The van der Waals surface area contributed by atoms with Crippen molar-refractivity contribution in [1.82, 2.24) is 10.6 Å². The van der Waals surface area contributed by atoms with Crippen LogP contribution in [0.5, 0.6) is 0 Å². The first-order valence-electron chi connectivity index (χ1n) is 11.4. The summed E-state index contributed by atoms with van der Waals surface area (Å²) >= 11 is 0. The Morgan fingerprint density at radius 2 is 1.32 bits per heavy atom. The van der Waals surface area contributed by atoms with Crippen molar-refractivity contribution >= 4 is 11.8 Å². The Labute approximate surface area is 198 Å². The van der Waals surface area contributed by atoms with Gasteiger partial charge >= 0.3 is 0 Å². The van der Waals surface area contributed by atoms with E-state index in [1.165, 1.54) is 25.7 Å². The topological polar surface area (TPSA) is 129 Å². The molecule has 0 aromatic carbocycles. The van der Waals surface area contributed by atoms with E-state index in [1.54, 1.807) is 0 Å². The summed E-state index contributed by atoms with van der Waals surface area (Å²) in [5.41, 5.74) is 11.1. The molecule has 31 heavy (non-hydrogen) atoms. The molecule has 0 radical (unpaired) electrons. The smallest absolute Gasteiger partial charge is 0.224 e. The minimum absolute atomic E-state index is 0. The maximum atomic E-state index is 12.9. The highest BCUT2D eigenvalue weighted by molar-refractivity contribution is 5.89. The SMILES string of the molecule is CCCCCCCC1OC2C3CC(C2O1)C(C(=O)NCCN)C3C(=O)NCCN.[Cl-].[Cl-]. The van der Waals surface area contributed by atoms with Gasteiger partial charge < -0.3 is 56.4 Å². The third kappa shape index (κ3) is 6.45. The van der Waals surface area contributed by atoms with E-state index in [2.05, 4.69) is 17.6 Å². The number of amides is 2. The van der Waals surface area contributed by atoms with Crippen molar-refractivity contribution in [1.29, 1.82) is 0 Å². The molecule has 6 atom stereocenters. The fourth-order valence-corrected chi connectivity index (χ4v) is 5.44. The number of carbonyl (C=O) groups is 2. The van der Waals surface area contributed by atoms with Gasteiger partial charge in [-0.05, 0) is 19.3 Å². The van der Waals surface area contributed by atoms with Crippen LogP contribution in [0, 0.1) is 23.7 Å². The normalized spacial score (nSPS) is 32.7. The fourth-order valence-electron chi connectivity index (χ4n) is 5.44. The quantitative estimate of drug-likeness (QED) is 0.206. The monoisotopic (exact) mass is 480 g/mol. The number of hydrogen-bond donors (Lipinski definition) is 4. The van der Waals surface area contributed by atoms with Gasteiger partial charge in [0.05, 0.1) is 24.0 Å². The lowest BCUT2D eigenvalue weighted by Crippen LogP contribution is -3.00. The molecule has 2 saturated carbocycles. The highest BCUT2D eigenvalue weighted by Gasteiger charge is 2.66. The molecule has 2 bridgehead atoms. The molecule has 1 aliphatic heterocycles. The molecular weight excluding hydrogens is 443 g/mol. The lowest BCUT2D eigenvalue weighted by molar-refractivity contribution is -0.140. The molecule has 0 aromatic rings. The Kier molecular flexibility index (Phi) is 12.6. The predicted octanol–water partition coefficient (Wildman–Crippen LogP) is -5.50. The van der Waals surface area contributed by atoms with Gasteiger partial charge in [0.1, 0.15) is 0 Å². The Hall–Kier alpha value is -0.640. The zero-order chi connectivity index (χ0) is 20.8. The second-order valence-electron chi connectivity index (χ2n) is 8.61. The van der Waals surface area contributed by atoms with E-state index in [0.29, 0.717) is 26.2 Å².